The summed E-state index contributed by atoms with van der Waals surface area (Å²) in [5.41, 5.74) is 0.966. The number of carbonyl (C=O) groups is 2. The zero-order valence-corrected chi connectivity index (χ0v) is 15.2. The largest absolute Gasteiger partial charge is 0.484 e. The molecule has 7 nitrogen and oxygen atoms in total. The van der Waals surface area contributed by atoms with Gasteiger partial charge in [-0.1, -0.05) is 24.3 Å². The van der Waals surface area contributed by atoms with Gasteiger partial charge in [-0.15, -0.1) is 0 Å². The standard InChI is InChI=1S/C18H19NO6S/c1-24-18(21)11-13-7-9-14(10-8-13)25-12-17(20)19-15-5-3-4-6-16(15)26(2,22)23/h3-10H,11-12H2,1-2H3,(H,19,20). The molecule has 138 valence electrons. The maximum atomic E-state index is 12.0. The molecule has 0 aliphatic carbocycles. The van der Waals surface area contributed by atoms with E-state index in [1.54, 1.807) is 36.4 Å². The van der Waals surface area contributed by atoms with Crippen LogP contribution in [0.3, 0.4) is 0 Å². The summed E-state index contributed by atoms with van der Waals surface area (Å²) in [4.78, 5) is 23.3. The predicted octanol–water partition coefficient (Wildman–Crippen LogP) is 1.82. The second-order valence-electron chi connectivity index (χ2n) is 5.50. The first-order valence-electron chi connectivity index (χ1n) is 7.67. The summed E-state index contributed by atoms with van der Waals surface area (Å²) in [5, 5.41) is 2.53. The highest BCUT2D eigenvalue weighted by atomic mass is 32.2. The fourth-order valence-corrected chi connectivity index (χ4v) is 3.02. The van der Waals surface area contributed by atoms with Crippen molar-refractivity contribution in [2.45, 2.75) is 11.3 Å². The molecular formula is C18H19NO6S. The van der Waals surface area contributed by atoms with E-state index in [4.69, 9.17) is 4.74 Å². The van der Waals surface area contributed by atoms with Crippen molar-refractivity contribution >= 4 is 27.4 Å². The molecule has 8 heteroatoms. The molecular weight excluding hydrogens is 358 g/mol. The first-order valence-corrected chi connectivity index (χ1v) is 9.56. The number of anilines is 1. The first kappa shape index (κ1) is 19.5. The predicted molar refractivity (Wildman–Crippen MR) is 95.8 cm³/mol. The van der Waals surface area contributed by atoms with Crippen LogP contribution in [0.2, 0.25) is 0 Å². The van der Waals surface area contributed by atoms with Crippen LogP contribution in [0.15, 0.2) is 53.4 Å². The second-order valence-corrected chi connectivity index (χ2v) is 7.49. The fraction of sp³-hybridized carbons (Fsp3) is 0.222. The lowest BCUT2D eigenvalue weighted by Gasteiger charge is -2.11. The number of hydrogen-bond donors (Lipinski definition) is 1. The van der Waals surface area contributed by atoms with Gasteiger partial charge in [0.1, 0.15) is 5.75 Å². The van der Waals surface area contributed by atoms with Crippen LogP contribution in [0.4, 0.5) is 5.69 Å². The van der Waals surface area contributed by atoms with E-state index >= 15 is 0 Å². The normalized spacial score (nSPS) is 10.8. The highest BCUT2D eigenvalue weighted by molar-refractivity contribution is 7.90. The van der Waals surface area contributed by atoms with Gasteiger partial charge in [0.15, 0.2) is 16.4 Å². The molecule has 0 aromatic heterocycles. The van der Waals surface area contributed by atoms with Gasteiger partial charge in [-0.05, 0) is 29.8 Å². The number of ether oxygens (including phenoxy) is 2. The molecule has 0 aliphatic rings. The summed E-state index contributed by atoms with van der Waals surface area (Å²) in [6, 6.07) is 12.8. The van der Waals surface area contributed by atoms with Crippen LogP contribution in [0.25, 0.3) is 0 Å². The van der Waals surface area contributed by atoms with Crippen molar-refractivity contribution in [3.05, 3.63) is 54.1 Å². The molecule has 0 spiro atoms. The van der Waals surface area contributed by atoms with Crippen LogP contribution in [0, 0.1) is 0 Å². The molecule has 0 aliphatic heterocycles. The van der Waals surface area contributed by atoms with E-state index in [9.17, 15) is 18.0 Å². The number of sulfone groups is 1. The fourth-order valence-electron chi connectivity index (χ4n) is 2.17. The van der Waals surface area contributed by atoms with Crippen molar-refractivity contribution in [3.63, 3.8) is 0 Å². The molecule has 0 saturated heterocycles. The quantitative estimate of drug-likeness (QED) is 0.739. The van der Waals surface area contributed by atoms with Gasteiger partial charge in [0, 0.05) is 6.26 Å². The van der Waals surface area contributed by atoms with Crippen molar-refractivity contribution in [3.8, 4) is 5.75 Å². The molecule has 1 N–H and O–H groups in total. The summed E-state index contributed by atoms with van der Waals surface area (Å²) in [7, 11) is -2.14. The number of esters is 1. The van der Waals surface area contributed by atoms with Crippen LogP contribution < -0.4 is 10.1 Å². The molecule has 2 aromatic rings. The molecule has 0 atom stereocenters. The lowest BCUT2D eigenvalue weighted by Crippen LogP contribution is -2.21. The molecule has 0 fully saturated rings. The van der Waals surface area contributed by atoms with Gasteiger partial charge in [-0.3, -0.25) is 9.59 Å². The van der Waals surface area contributed by atoms with E-state index in [1.165, 1.54) is 19.2 Å². The summed E-state index contributed by atoms with van der Waals surface area (Å²) >= 11 is 0. The molecule has 1 amide bonds. The number of rotatable bonds is 7. The Morgan fingerprint density at radius 3 is 2.31 bits per heavy atom. The minimum atomic E-state index is -3.46. The van der Waals surface area contributed by atoms with Crippen molar-refractivity contribution in [2.75, 3.05) is 25.3 Å². The monoisotopic (exact) mass is 377 g/mol. The Morgan fingerprint density at radius 2 is 1.69 bits per heavy atom. The molecule has 0 saturated carbocycles. The summed E-state index contributed by atoms with van der Waals surface area (Å²) in [6.07, 6.45) is 1.23. The molecule has 0 radical (unpaired) electrons. The Hall–Kier alpha value is -2.87. The number of para-hydroxylation sites is 1. The van der Waals surface area contributed by atoms with Gasteiger partial charge < -0.3 is 14.8 Å². The minimum Gasteiger partial charge on any atom is -0.484 e. The van der Waals surface area contributed by atoms with Crippen molar-refractivity contribution < 1.29 is 27.5 Å². The van der Waals surface area contributed by atoms with Gasteiger partial charge >= 0.3 is 5.97 Å². The van der Waals surface area contributed by atoms with E-state index in [-0.39, 0.29) is 29.6 Å². The number of carbonyl (C=O) groups excluding carboxylic acids is 2. The Kier molecular flexibility index (Phi) is 6.35. The average Bonchev–Trinajstić information content (AvgIpc) is 2.60. The van der Waals surface area contributed by atoms with E-state index in [0.29, 0.717) is 5.75 Å². The minimum absolute atomic E-state index is 0.0421. The SMILES string of the molecule is COC(=O)Cc1ccc(OCC(=O)Nc2ccccc2S(C)(=O)=O)cc1. The third-order valence-corrected chi connectivity index (χ3v) is 4.58. The van der Waals surface area contributed by atoms with Crippen LogP contribution in [-0.2, 0) is 30.6 Å². The Bertz CT molecular complexity index is 890. The number of nitrogens with one attached hydrogen (secondary N) is 1. The number of benzene rings is 2. The van der Waals surface area contributed by atoms with Crippen LogP contribution in [-0.4, -0.2) is 40.3 Å². The van der Waals surface area contributed by atoms with Crippen molar-refractivity contribution in [2.24, 2.45) is 0 Å². The van der Waals surface area contributed by atoms with Gasteiger partial charge in [0.2, 0.25) is 0 Å². The number of hydrogen-bond acceptors (Lipinski definition) is 6. The Morgan fingerprint density at radius 1 is 1.04 bits per heavy atom. The van der Waals surface area contributed by atoms with Crippen LogP contribution in [0.5, 0.6) is 5.75 Å². The zero-order chi connectivity index (χ0) is 19.2. The molecule has 26 heavy (non-hydrogen) atoms. The van der Waals surface area contributed by atoms with Crippen molar-refractivity contribution in [1.29, 1.82) is 0 Å². The summed E-state index contributed by atoms with van der Waals surface area (Å²) in [6.45, 7) is -0.283. The van der Waals surface area contributed by atoms with Gasteiger partial charge in [0.05, 0.1) is 24.1 Å². The van der Waals surface area contributed by atoms with E-state index in [2.05, 4.69) is 10.1 Å². The maximum absolute atomic E-state index is 12.0. The van der Waals surface area contributed by atoms with E-state index in [1.807, 2.05) is 0 Å². The number of amides is 1. The van der Waals surface area contributed by atoms with E-state index < -0.39 is 15.7 Å². The maximum Gasteiger partial charge on any atom is 0.309 e. The summed E-state index contributed by atoms with van der Waals surface area (Å²) in [5.74, 6) is -0.382. The van der Waals surface area contributed by atoms with Crippen LogP contribution >= 0.6 is 0 Å². The highest BCUT2D eigenvalue weighted by Gasteiger charge is 2.14. The van der Waals surface area contributed by atoms with Gasteiger partial charge in [-0.2, -0.15) is 0 Å². The zero-order valence-electron chi connectivity index (χ0n) is 14.4. The lowest BCUT2D eigenvalue weighted by molar-refractivity contribution is -0.139. The molecule has 2 rings (SSSR count). The number of methoxy groups -OCH3 is 1. The van der Waals surface area contributed by atoms with Crippen molar-refractivity contribution in [1.82, 2.24) is 0 Å². The molecule has 0 unspecified atom stereocenters. The molecule has 2 aromatic carbocycles. The molecule has 0 bridgehead atoms. The Balaban J connectivity index is 1.95. The lowest BCUT2D eigenvalue weighted by atomic mass is 10.1. The Labute approximate surface area is 151 Å². The van der Waals surface area contributed by atoms with Crippen LogP contribution in [0.1, 0.15) is 5.56 Å². The highest BCUT2D eigenvalue weighted by Crippen LogP contribution is 2.20. The molecule has 0 heterocycles. The summed E-state index contributed by atoms with van der Waals surface area (Å²) < 4.78 is 33.4. The third-order valence-electron chi connectivity index (χ3n) is 3.43. The average molecular weight is 377 g/mol. The topological polar surface area (TPSA) is 98.8 Å². The van der Waals surface area contributed by atoms with Gasteiger partial charge in [-0.25, -0.2) is 8.42 Å². The van der Waals surface area contributed by atoms with Gasteiger partial charge in [0.25, 0.3) is 5.91 Å². The third kappa shape index (κ3) is 5.59. The second kappa shape index (κ2) is 8.48. The smallest absolute Gasteiger partial charge is 0.309 e. The first-order chi connectivity index (χ1) is 12.3. The van der Waals surface area contributed by atoms with E-state index in [0.717, 1.165) is 11.8 Å².